The summed E-state index contributed by atoms with van der Waals surface area (Å²) in [5.74, 6) is 0.0601. The monoisotopic (exact) mass is 248 g/mol. The summed E-state index contributed by atoms with van der Waals surface area (Å²) >= 11 is 0. The molecule has 1 aliphatic rings. The molecule has 0 amide bonds. The van der Waals surface area contributed by atoms with Crippen molar-refractivity contribution in [2.24, 2.45) is 0 Å². The van der Waals surface area contributed by atoms with Gasteiger partial charge in [0, 0.05) is 11.1 Å². The molecule has 19 heavy (non-hydrogen) atoms. The normalized spacial score (nSPS) is 14.9. The highest BCUT2D eigenvalue weighted by Gasteiger charge is 2.19. The van der Waals surface area contributed by atoms with Gasteiger partial charge in [0.2, 0.25) is 0 Å². The smallest absolute Gasteiger partial charge is 0.193 e. The molecule has 0 aliphatic heterocycles. The van der Waals surface area contributed by atoms with Crippen LogP contribution in [0.15, 0.2) is 55.1 Å². The van der Waals surface area contributed by atoms with E-state index in [-0.39, 0.29) is 5.78 Å². The lowest BCUT2D eigenvalue weighted by Crippen LogP contribution is -2.05. The van der Waals surface area contributed by atoms with Crippen LogP contribution in [0, 0.1) is 0 Å². The Morgan fingerprint density at radius 2 is 1.32 bits per heavy atom. The molecule has 1 nitrogen and oxygen atoms in total. The molecule has 1 heteroatoms. The van der Waals surface area contributed by atoms with Crippen LogP contribution in [0.25, 0.3) is 5.57 Å². The van der Waals surface area contributed by atoms with Gasteiger partial charge in [0.1, 0.15) is 0 Å². The fraction of sp³-hybridized carbons (Fsp3) is 0.167. The van der Waals surface area contributed by atoms with Gasteiger partial charge in [-0.25, -0.2) is 0 Å². The quantitative estimate of drug-likeness (QED) is 0.642. The number of rotatable bonds is 0. The van der Waals surface area contributed by atoms with Gasteiger partial charge in [-0.1, -0.05) is 55.1 Å². The van der Waals surface area contributed by atoms with Crippen molar-refractivity contribution < 1.29 is 4.79 Å². The van der Waals surface area contributed by atoms with E-state index in [9.17, 15) is 4.79 Å². The maximum Gasteiger partial charge on any atom is 0.193 e. The predicted octanol–water partition coefficient (Wildman–Crippen LogP) is 4.07. The molecule has 0 unspecified atom stereocenters. The SMILES string of the molecule is C=C1C(=O)c2ccccc2CCCc2ccccc21. The number of hydrogen-bond acceptors (Lipinski definition) is 1. The highest BCUT2D eigenvalue weighted by Crippen LogP contribution is 2.27. The van der Waals surface area contributed by atoms with Crippen molar-refractivity contribution in [3.05, 3.63) is 77.4 Å². The summed E-state index contributed by atoms with van der Waals surface area (Å²) in [6, 6.07) is 16.0. The van der Waals surface area contributed by atoms with Crippen LogP contribution in [-0.4, -0.2) is 5.78 Å². The van der Waals surface area contributed by atoms with Crippen LogP contribution in [0.5, 0.6) is 0 Å². The first-order valence-corrected chi connectivity index (χ1v) is 6.67. The molecule has 0 spiro atoms. The van der Waals surface area contributed by atoms with Crippen molar-refractivity contribution in [3.63, 3.8) is 0 Å². The third-order valence-corrected chi connectivity index (χ3v) is 3.77. The minimum Gasteiger partial charge on any atom is -0.289 e. The number of carbonyl (C=O) groups is 1. The summed E-state index contributed by atoms with van der Waals surface area (Å²) in [5.41, 5.74) is 4.80. The number of aryl methyl sites for hydroxylation is 2. The number of fused-ring (bicyclic) bond motifs is 2. The molecule has 3 rings (SSSR count). The van der Waals surface area contributed by atoms with Crippen LogP contribution < -0.4 is 0 Å². The highest BCUT2D eigenvalue weighted by molar-refractivity contribution is 6.29. The van der Waals surface area contributed by atoms with Gasteiger partial charge in [-0.2, -0.15) is 0 Å². The van der Waals surface area contributed by atoms with Gasteiger partial charge < -0.3 is 0 Å². The topological polar surface area (TPSA) is 17.1 Å². The lowest BCUT2D eigenvalue weighted by atomic mass is 9.93. The molecule has 0 heterocycles. The molecular weight excluding hydrogens is 232 g/mol. The van der Waals surface area contributed by atoms with Gasteiger partial charge in [-0.15, -0.1) is 0 Å². The number of allylic oxidation sites excluding steroid dienone is 1. The molecule has 1 aliphatic carbocycles. The molecule has 2 aromatic rings. The lowest BCUT2D eigenvalue weighted by Gasteiger charge is -2.10. The van der Waals surface area contributed by atoms with Crippen molar-refractivity contribution in [1.29, 1.82) is 0 Å². The fourth-order valence-electron chi connectivity index (χ4n) is 2.75. The van der Waals surface area contributed by atoms with Crippen molar-refractivity contribution >= 4 is 11.4 Å². The maximum atomic E-state index is 12.6. The second-order valence-corrected chi connectivity index (χ2v) is 4.98. The molecular formula is C18H16O. The average Bonchev–Trinajstić information content (AvgIpc) is 2.51. The summed E-state index contributed by atoms with van der Waals surface area (Å²) in [7, 11) is 0. The summed E-state index contributed by atoms with van der Waals surface area (Å²) in [6.07, 6.45) is 3.01. The number of ketones is 1. The second kappa shape index (κ2) is 4.85. The lowest BCUT2D eigenvalue weighted by molar-refractivity contribution is 0.105. The van der Waals surface area contributed by atoms with Crippen LogP contribution in [0.3, 0.4) is 0 Å². The zero-order chi connectivity index (χ0) is 13.2. The van der Waals surface area contributed by atoms with Crippen molar-refractivity contribution in [1.82, 2.24) is 0 Å². The van der Waals surface area contributed by atoms with E-state index >= 15 is 0 Å². The molecule has 0 saturated heterocycles. The van der Waals surface area contributed by atoms with E-state index < -0.39 is 0 Å². The van der Waals surface area contributed by atoms with Gasteiger partial charge in [0.25, 0.3) is 0 Å². The fourth-order valence-corrected chi connectivity index (χ4v) is 2.75. The Hall–Kier alpha value is -2.15. The van der Waals surface area contributed by atoms with Crippen LogP contribution >= 0.6 is 0 Å². The minimum absolute atomic E-state index is 0.0601. The highest BCUT2D eigenvalue weighted by atomic mass is 16.1. The van der Waals surface area contributed by atoms with E-state index in [0.717, 1.165) is 36.0 Å². The molecule has 0 saturated carbocycles. The second-order valence-electron chi connectivity index (χ2n) is 4.98. The number of hydrogen-bond donors (Lipinski definition) is 0. The van der Waals surface area contributed by atoms with Crippen LogP contribution in [0.2, 0.25) is 0 Å². The molecule has 0 N–H and O–H groups in total. The van der Waals surface area contributed by atoms with Crippen molar-refractivity contribution in [3.8, 4) is 0 Å². The zero-order valence-corrected chi connectivity index (χ0v) is 10.9. The first-order valence-electron chi connectivity index (χ1n) is 6.67. The van der Waals surface area contributed by atoms with E-state index in [2.05, 4.69) is 18.7 Å². The first kappa shape index (κ1) is 11.9. The largest absolute Gasteiger partial charge is 0.289 e. The van der Waals surface area contributed by atoms with Gasteiger partial charge in [0.15, 0.2) is 5.78 Å². The van der Waals surface area contributed by atoms with E-state index in [1.54, 1.807) is 0 Å². The van der Waals surface area contributed by atoms with E-state index in [0.29, 0.717) is 5.57 Å². The average molecular weight is 248 g/mol. The van der Waals surface area contributed by atoms with Crippen molar-refractivity contribution in [2.75, 3.05) is 0 Å². The van der Waals surface area contributed by atoms with Crippen LogP contribution in [0.4, 0.5) is 0 Å². The molecule has 0 radical (unpaired) electrons. The minimum atomic E-state index is 0.0601. The molecule has 0 fully saturated rings. The molecule has 0 aromatic heterocycles. The third-order valence-electron chi connectivity index (χ3n) is 3.77. The number of Topliss-reactive ketones (excluding diaryl/α,β-unsaturated/α-hetero) is 1. The van der Waals surface area contributed by atoms with E-state index in [1.807, 2.05) is 36.4 Å². The Bertz CT molecular complexity index is 595. The molecule has 0 atom stereocenters. The Labute approximate surface area is 113 Å². The van der Waals surface area contributed by atoms with Crippen molar-refractivity contribution in [2.45, 2.75) is 19.3 Å². The van der Waals surface area contributed by atoms with Gasteiger partial charge >= 0.3 is 0 Å². The Kier molecular flexibility index (Phi) is 3.04. The standard InChI is InChI=1S/C18H16O/c1-13-16-11-4-2-7-14(16)9-6-10-15-8-3-5-12-17(15)18(13)19/h2-5,7-8,11-12H,1,6,9-10H2. The summed E-state index contributed by atoms with van der Waals surface area (Å²) in [4.78, 5) is 12.6. The first-order chi connectivity index (χ1) is 9.27. The Morgan fingerprint density at radius 1 is 0.789 bits per heavy atom. The van der Waals surface area contributed by atoms with Gasteiger partial charge in [-0.05, 0) is 36.0 Å². The summed E-state index contributed by atoms with van der Waals surface area (Å²) in [5, 5.41) is 0. The molecule has 2 aromatic carbocycles. The summed E-state index contributed by atoms with van der Waals surface area (Å²) in [6.45, 7) is 4.03. The number of benzene rings is 2. The summed E-state index contributed by atoms with van der Waals surface area (Å²) < 4.78 is 0. The van der Waals surface area contributed by atoms with E-state index in [4.69, 9.17) is 0 Å². The molecule has 0 bridgehead atoms. The molecule has 94 valence electrons. The van der Waals surface area contributed by atoms with Gasteiger partial charge in [0.05, 0.1) is 0 Å². The maximum absolute atomic E-state index is 12.6. The number of carbonyl (C=O) groups excluding carboxylic acids is 1. The van der Waals surface area contributed by atoms with Crippen LogP contribution in [0.1, 0.15) is 33.5 Å². The zero-order valence-electron chi connectivity index (χ0n) is 10.9. The van der Waals surface area contributed by atoms with Crippen LogP contribution in [-0.2, 0) is 12.8 Å². The predicted molar refractivity (Wildman–Crippen MR) is 78.3 cm³/mol. The van der Waals surface area contributed by atoms with E-state index in [1.165, 1.54) is 5.56 Å². The Balaban J connectivity index is 2.14. The van der Waals surface area contributed by atoms with Gasteiger partial charge in [-0.3, -0.25) is 4.79 Å². The third kappa shape index (κ3) is 2.12. The Morgan fingerprint density at radius 3 is 2.00 bits per heavy atom.